The molecule has 0 saturated heterocycles. The van der Waals surface area contributed by atoms with Crippen molar-refractivity contribution in [1.29, 1.82) is 0 Å². The normalized spacial score (nSPS) is 31.6. The van der Waals surface area contributed by atoms with E-state index in [1.54, 1.807) is 20.1 Å². The van der Waals surface area contributed by atoms with E-state index >= 15 is 0 Å². The topological polar surface area (TPSA) is 64.6 Å². The number of hydrogen-bond donors (Lipinski definition) is 1. The van der Waals surface area contributed by atoms with Gasteiger partial charge in [-0.25, -0.2) is 4.79 Å². The molecule has 0 radical (unpaired) electrons. The van der Waals surface area contributed by atoms with Gasteiger partial charge in [0.2, 0.25) is 0 Å². The summed E-state index contributed by atoms with van der Waals surface area (Å²) in [6.45, 7) is 1.65. The van der Waals surface area contributed by atoms with Gasteiger partial charge in [0, 0.05) is 11.6 Å². The Labute approximate surface area is 166 Å². The van der Waals surface area contributed by atoms with Crippen LogP contribution in [0.25, 0.3) is 6.08 Å². The highest BCUT2D eigenvalue weighted by Gasteiger charge is 2.51. The van der Waals surface area contributed by atoms with Gasteiger partial charge >= 0.3 is 5.97 Å². The van der Waals surface area contributed by atoms with Crippen LogP contribution in [0.3, 0.4) is 0 Å². The van der Waals surface area contributed by atoms with E-state index in [-0.39, 0.29) is 11.4 Å². The second kappa shape index (κ2) is 7.61. The van der Waals surface area contributed by atoms with Gasteiger partial charge in [0.25, 0.3) is 5.91 Å². The number of hydrogen-bond acceptors (Lipinski definition) is 4. The zero-order chi connectivity index (χ0) is 19.7. The van der Waals surface area contributed by atoms with Gasteiger partial charge in [-0.05, 0) is 87.0 Å². The van der Waals surface area contributed by atoms with Crippen molar-refractivity contribution in [2.45, 2.75) is 57.1 Å². The van der Waals surface area contributed by atoms with Gasteiger partial charge in [-0.15, -0.1) is 0 Å². The first-order valence-electron chi connectivity index (χ1n) is 10.3. The Bertz CT molecular complexity index is 732. The van der Waals surface area contributed by atoms with Crippen LogP contribution >= 0.6 is 0 Å². The fraction of sp³-hybridized carbons (Fsp3) is 0.565. The Hall–Kier alpha value is -2.30. The lowest BCUT2D eigenvalue weighted by Crippen LogP contribution is -2.61. The Balaban J connectivity index is 1.30. The summed E-state index contributed by atoms with van der Waals surface area (Å²) >= 11 is 0. The summed E-state index contributed by atoms with van der Waals surface area (Å²) in [7, 11) is 1.61. The summed E-state index contributed by atoms with van der Waals surface area (Å²) in [5, 5.41) is 3.26. The van der Waals surface area contributed by atoms with E-state index in [4.69, 9.17) is 9.47 Å². The number of rotatable bonds is 6. The number of carbonyl (C=O) groups excluding carboxylic acids is 2. The fourth-order valence-electron chi connectivity index (χ4n) is 5.77. The van der Waals surface area contributed by atoms with E-state index in [1.807, 2.05) is 24.3 Å². The monoisotopic (exact) mass is 383 g/mol. The van der Waals surface area contributed by atoms with Gasteiger partial charge in [0.15, 0.2) is 6.10 Å². The average molecular weight is 383 g/mol. The Kier molecular flexibility index (Phi) is 5.17. The molecule has 5 heteroatoms. The highest BCUT2D eigenvalue weighted by Crippen LogP contribution is 2.55. The summed E-state index contributed by atoms with van der Waals surface area (Å²) in [4.78, 5) is 24.8. The van der Waals surface area contributed by atoms with Crippen LogP contribution in [0.2, 0.25) is 0 Å². The SMILES string of the molecule is COc1ccc(/C=C/C(=O)O[C@H](C)C(=O)NC23CC4CC(CC(C4)C2)C3)cc1. The summed E-state index contributed by atoms with van der Waals surface area (Å²) in [6.07, 6.45) is 9.48. The van der Waals surface area contributed by atoms with Crippen molar-refractivity contribution in [3.8, 4) is 5.75 Å². The first-order valence-corrected chi connectivity index (χ1v) is 10.3. The smallest absolute Gasteiger partial charge is 0.331 e. The number of carbonyl (C=O) groups is 2. The number of amides is 1. The lowest BCUT2D eigenvalue weighted by atomic mass is 9.53. The van der Waals surface area contributed by atoms with E-state index in [0.717, 1.165) is 48.3 Å². The molecule has 28 heavy (non-hydrogen) atoms. The first-order chi connectivity index (χ1) is 13.4. The summed E-state index contributed by atoms with van der Waals surface area (Å²) < 4.78 is 10.4. The molecule has 1 N–H and O–H groups in total. The van der Waals surface area contributed by atoms with Crippen molar-refractivity contribution in [2.75, 3.05) is 7.11 Å². The van der Waals surface area contributed by atoms with E-state index in [2.05, 4.69) is 5.32 Å². The quantitative estimate of drug-likeness (QED) is 0.601. The average Bonchev–Trinajstić information content (AvgIpc) is 2.65. The zero-order valence-corrected chi connectivity index (χ0v) is 16.6. The van der Waals surface area contributed by atoms with Crippen molar-refractivity contribution >= 4 is 18.0 Å². The fourth-order valence-corrected chi connectivity index (χ4v) is 5.77. The third kappa shape index (κ3) is 4.08. The van der Waals surface area contributed by atoms with E-state index in [0.29, 0.717) is 0 Å². The predicted octanol–water partition coefficient (Wildman–Crippen LogP) is 3.73. The Morgan fingerprint density at radius 2 is 1.64 bits per heavy atom. The molecule has 4 aliphatic rings. The molecule has 0 heterocycles. The minimum atomic E-state index is -0.791. The van der Waals surface area contributed by atoms with Gasteiger partial charge in [-0.2, -0.15) is 0 Å². The lowest BCUT2D eigenvalue weighted by molar-refractivity contribution is -0.152. The number of benzene rings is 1. The molecule has 1 aromatic carbocycles. The van der Waals surface area contributed by atoms with Crippen molar-refractivity contribution < 1.29 is 19.1 Å². The zero-order valence-electron chi connectivity index (χ0n) is 16.6. The number of ether oxygens (including phenoxy) is 2. The summed E-state index contributed by atoms with van der Waals surface area (Å²) in [6, 6.07) is 7.36. The molecule has 5 rings (SSSR count). The molecule has 1 atom stereocenters. The minimum Gasteiger partial charge on any atom is -0.497 e. The molecular formula is C23H29NO4. The first kappa shape index (κ1) is 19.0. The second-order valence-corrected chi connectivity index (χ2v) is 8.87. The van der Waals surface area contributed by atoms with Crippen LogP contribution in [0.4, 0.5) is 0 Å². The van der Waals surface area contributed by atoms with Crippen LogP contribution in [0.5, 0.6) is 5.75 Å². The molecule has 4 aliphatic carbocycles. The van der Waals surface area contributed by atoms with E-state index < -0.39 is 12.1 Å². The van der Waals surface area contributed by atoms with Crippen LogP contribution in [-0.2, 0) is 14.3 Å². The maximum atomic E-state index is 12.7. The van der Waals surface area contributed by atoms with Crippen molar-refractivity contribution in [3.63, 3.8) is 0 Å². The van der Waals surface area contributed by atoms with Gasteiger partial charge in [-0.1, -0.05) is 12.1 Å². The third-order valence-corrected chi connectivity index (χ3v) is 6.62. The minimum absolute atomic E-state index is 0.0641. The number of esters is 1. The molecule has 1 aromatic rings. The largest absolute Gasteiger partial charge is 0.497 e. The predicted molar refractivity (Wildman–Crippen MR) is 107 cm³/mol. The lowest BCUT2D eigenvalue weighted by Gasteiger charge is -2.57. The third-order valence-electron chi connectivity index (χ3n) is 6.62. The molecule has 150 valence electrons. The molecule has 0 aliphatic heterocycles. The highest BCUT2D eigenvalue weighted by molar-refractivity contribution is 5.90. The Morgan fingerprint density at radius 3 is 2.18 bits per heavy atom. The van der Waals surface area contributed by atoms with E-state index in [9.17, 15) is 9.59 Å². The van der Waals surface area contributed by atoms with Crippen molar-refractivity contribution in [3.05, 3.63) is 35.9 Å². The highest BCUT2D eigenvalue weighted by atomic mass is 16.5. The maximum Gasteiger partial charge on any atom is 0.331 e. The van der Waals surface area contributed by atoms with Crippen molar-refractivity contribution in [2.24, 2.45) is 17.8 Å². The van der Waals surface area contributed by atoms with Gasteiger partial charge in [0.1, 0.15) is 5.75 Å². The second-order valence-electron chi connectivity index (χ2n) is 8.87. The van der Waals surface area contributed by atoms with Crippen LogP contribution in [-0.4, -0.2) is 30.6 Å². The maximum absolute atomic E-state index is 12.7. The molecule has 4 saturated carbocycles. The summed E-state index contributed by atoms with van der Waals surface area (Å²) in [5.74, 6) is 2.36. The van der Waals surface area contributed by atoms with E-state index in [1.165, 1.54) is 25.3 Å². The van der Waals surface area contributed by atoms with Gasteiger partial charge < -0.3 is 14.8 Å². The molecule has 5 nitrogen and oxygen atoms in total. The Morgan fingerprint density at radius 1 is 1.07 bits per heavy atom. The van der Waals surface area contributed by atoms with Gasteiger partial charge in [-0.3, -0.25) is 4.79 Å². The molecular weight excluding hydrogens is 354 g/mol. The standard InChI is InChI=1S/C23H29NO4/c1-15(28-21(25)8-5-16-3-6-20(27-2)7-4-16)22(26)24-23-12-17-9-18(13-23)11-19(10-17)14-23/h3-8,15,17-19H,9-14H2,1-2H3,(H,24,26)/b8-5+/t15-,17?,18?,19?,23?/m1/s1. The van der Waals surface area contributed by atoms with Crippen LogP contribution in [0.1, 0.15) is 51.0 Å². The summed E-state index contributed by atoms with van der Waals surface area (Å²) in [5.41, 5.74) is 0.800. The molecule has 4 fully saturated rings. The number of nitrogens with one attached hydrogen (secondary N) is 1. The van der Waals surface area contributed by atoms with Crippen LogP contribution in [0, 0.1) is 17.8 Å². The molecule has 0 unspecified atom stereocenters. The molecule has 0 spiro atoms. The molecule has 1 amide bonds. The molecule has 0 aromatic heterocycles. The van der Waals surface area contributed by atoms with Crippen LogP contribution < -0.4 is 10.1 Å². The van der Waals surface area contributed by atoms with Crippen LogP contribution in [0.15, 0.2) is 30.3 Å². The van der Waals surface area contributed by atoms with Crippen molar-refractivity contribution in [1.82, 2.24) is 5.32 Å². The number of methoxy groups -OCH3 is 1. The van der Waals surface area contributed by atoms with Gasteiger partial charge in [0.05, 0.1) is 7.11 Å². The molecule has 4 bridgehead atoms.